The van der Waals surface area contributed by atoms with Crippen molar-refractivity contribution >= 4 is 11.8 Å². The van der Waals surface area contributed by atoms with E-state index in [4.69, 9.17) is 9.47 Å². The van der Waals surface area contributed by atoms with Crippen molar-refractivity contribution < 1.29 is 19.1 Å². The van der Waals surface area contributed by atoms with E-state index in [1.54, 1.807) is 19.1 Å². The maximum atomic E-state index is 13.4. The van der Waals surface area contributed by atoms with Crippen LogP contribution in [0.2, 0.25) is 0 Å². The van der Waals surface area contributed by atoms with Gasteiger partial charge >= 0.3 is 0 Å². The summed E-state index contributed by atoms with van der Waals surface area (Å²) in [5.41, 5.74) is 3.15. The third kappa shape index (κ3) is 7.52. The zero-order valence-electron chi connectivity index (χ0n) is 20.8. The molecule has 0 fully saturated rings. The van der Waals surface area contributed by atoms with Crippen LogP contribution in [0.1, 0.15) is 56.7 Å². The lowest BCUT2D eigenvalue weighted by Gasteiger charge is -2.31. The number of amides is 2. The number of methoxy groups -OCH3 is 2. The van der Waals surface area contributed by atoms with Gasteiger partial charge in [0.05, 0.1) is 14.2 Å². The number of benzene rings is 2. The Morgan fingerprint density at radius 2 is 1.58 bits per heavy atom. The number of nitrogens with one attached hydrogen (secondary N) is 1. The predicted molar refractivity (Wildman–Crippen MR) is 132 cm³/mol. The molecule has 0 bridgehead atoms. The summed E-state index contributed by atoms with van der Waals surface area (Å²) in [7, 11) is 3.19. The van der Waals surface area contributed by atoms with Crippen LogP contribution in [0.25, 0.3) is 0 Å². The van der Waals surface area contributed by atoms with E-state index in [-0.39, 0.29) is 17.9 Å². The quantitative estimate of drug-likeness (QED) is 0.506. The molecule has 2 aromatic rings. The molecular formula is C27H38N2O4. The van der Waals surface area contributed by atoms with E-state index in [0.717, 1.165) is 23.1 Å². The fourth-order valence-electron chi connectivity index (χ4n) is 3.68. The van der Waals surface area contributed by atoms with Crippen molar-refractivity contribution in [3.8, 4) is 11.5 Å². The van der Waals surface area contributed by atoms with Crippen LogP contribution in [-0.4, -0.2) is 43.0 Å². The summed E-state index contributed by atoms with van der Waals surface area (Å²) < 4.78 is 10.7. The molecule has 0 aliphatic rings. The van der Waals surface area contributed by atoms with Crippen LogP contribution >= 0.6 is 0 Å². The third-order valence-corrected chi connectivity index (χ3v) is 5.94. The summed E-state index contributed by atoms with van der Waals surface area (Å²) in [5, 5.41) is 3.05. The summed E-state index contributed by atoms with van der Waals surface area (Å²) >= 11 is 0. The van der Waals surface area contributed by atoms with Crippen LogP contribution in [0.5, 0.6) is 11.5 Å². The molecule has 6 nitrogen and oxygen atoms in total. The maximum Gasteiger partial charge on any atom is 0.243 e. The monoisotopic (exact) mass is 454 g/mol. The molecule has 0 spiro atoms. The summed E-state index contributed by atoms with van der Waals surface area (Å²) in [4.78, 5) is 28.2. The van der Waals surface area contributed by atoms with E-state index < -0.39 is 6.04 Å². The van der Waals surface area contributed by atoms with Gasteiger partial charge in [0.1, 0.15) is 6.04 Å². The van der Waals surface area contributed by atoms with Crippen molar-refractivity contribution in [1.82, 2.24) is 10.2 Å². The first kappa shape index (κ1) is 26.2. The Hall–Kier alpha value is -3.02. The molecule has 0 saturated heterocycles. The van der Waals surface area contributed by atoms with Crippen molar-refractivity contribution in [2.75, 3.05) is 14.2 Å². The molecule has 0 aromatic heterocycles. The van der Waals surface area contributed by atoms with Gasteiger partial charge in [0, 0.05) is 19.0 Å². The number of aryl methyl sites for hydroxylation is 2. The Labute approximate surface area is 198 Å². The van der Waals surface area contributed by atoms with Gasteiger partial charge in [0.25, 0.3) is 0 Å². The lowest BCUT2D eigenvalue weighted by molar-refractivity contribution is -0.141. The second-order valence-electron chi connectivity index (χ2n) is 8.44. The minimum atomic E-state index is -0.516. The van der Waals surface area contributed by atoms with Gasteiger partial charge in [-0.3, -0.25) is 9.59 Å². The Kier molecular flexibility index (Phi) is 10.2. The smallest absolute Gasteiger partial charge is 0.243 e. The van der Waals surface area contributed by atoms with Gasteiger partial charge in [-0.1, -0.05) is 49.7 Å². The average Bonchev–Trinajstić information content (AvgIpc) is 2.83. The van der Waals surface area contributed by atoms with Gasteiger partial charge in [0.15, 0.2) is 11.5 Å². The second kappa shape index (κ2) is 12.9. The summed E-state index contributed by atoms with van der Waals surface area (Å²) in [6, 6.07) is 13.3. The molecule has 2 amide bonds. The van der Waals surface area contributed by atoms with Gasteiger partial charge in [-0.25, -0.2) is 0 Å². The van der Waals surface area contributed by atoms with E-state index in [2.05, 4.69) is 5.32 Å². The standard InChI is InChI=1S/C27H38N2O4/c1-7-20(4)28-27(31)23(8-2)29(18-22-11-9-19(3)10-12-22)26(30)16-14-21-13-15-24(32-5)25(17-21)33-6/h9-13,15,17,20,23H,7-8,14,16,18H2,1-6H3,(H,28,31)/t20-,23+/m0/s1. The topological polar surface area (TPSA) is 67.9 Å². The van der Waals surface area contributed by atoms with Gasteiger partial charge in [-0.05, 0) is 56.4 Å². The van der Waals surface area contributed by atoms with Crippen LogP contribution in [-0.2, 0) is 22.6 Å². The molecular weight excluding hydrogens is 416 g/mol. The highest BCUT2D eigenvalue weighted by atomic mass is 16.5. The zero-order chi connectivity index (χ0) is 24.4. The first-order valence-electron chi connectivity index (χ1n) is 11.7. The number of hydrogen-bond acceptors (Lipinski definition) is 4. The van der Waals surface area contributed by atoms with Crippen LogP contribution in [0.4, 0.5) is 0 Å². The number of carbonyl (C=O) groups is 2. The Bertz CT molecular complexity index is 911. The highest BCUT2D eigenvalue weighted by Gasteiger charge is 2.29. The van der Waals surface area contributed by atoms with E-state index in [1.165, 1.54) is 0 Å². The van der Waals surface area contributed by atoms with Crippen molar-refractivity contribution in [3.63, 3.8) is 0 Å². The molecule has 2 rings (SSSR count). The Balaban J connectivity index is 2.22. The first-order chi connectivity index (χ1) is 15.8. The predicted octanol–water partition coefficient (Wildman–Crippen LogP) is 4.67. The van der Waals surface area contributed by atoms with Crippen LogP contribution in [0, 0.1) is 6.92 Å². The summed E-state index contributed by atoms with van der Waals surface area (Å²) in [5.74, 6) is 1.15. The average molecular weight is 455 g/mol. The largest absolute Gasteiger partial charge is 0.493 e. The lowest BCUT2D eigenvalue weighted by Crippen LogP contribution is -2.50. The van der Waals surface area contributed by atoms with E-state index in [0.29, 0.717) is 37.3 Å². The normalized spacial score (nSPS) is 12.5. The highest BCUT2D eigenvalue weighted by Crippen LogP contribution is 2.28. The number of rotatable bonds is 12. The third-order valence-electron chi connectivity index (χ3n) is 5.94. The van der Waals surface area contributed by atoms with Crippen LogP contribution in [0.15, 0.2) is 42.5 Å². The summed E-state index contributed by atoms with van der Waals surface area (Å²) in [6.45, 7) is 8.39. The van der Waals surface area contributed by atoms with E-state index in [9.17, 15) is 9.59 Å². The SMILES string of the molecule is CC[C@H](C(=O)N[C@@H](C)CC)N(Cc1ccc(C)cc1)C(=O)CCc1ccc(OC)c(OC)c1. The van der Waals surface area contributed by atoms with E-state index >= 15 is 0 Å². The molecule has 180 valence electrons. The molecule has 2 atom stereocenters. The molecule has 6 heteroatoms. The molecule has 1 N–H and O–H groups in total. The van der Waals surface area contributed by atoms with Crippen LogP contribution in [0.3, 0.4) is 0 Å². The molecule has 0 unspecified atom stereocenters. The number of nitrogens with zero attached hydrogens (tertiary/aromatic N) is 1. The second-order valence-corrected chi connectivity index (χ2v) is 8.44. The highest BCUT2D eigenvalue weighted by molar-refractivity contribution is 5.88. The van der Waals surface area contributed by atoms with Crippen molar-refractivity contribution in [3.05, 3.63) is 59.2 Å². The molecule has 33 heavy (non-hydrogen) atoms. The molecule has 2 aromatic carbocycles. The number of carbonyl (C=O) groups excluding carboxylic acids is 2. The van der Waals surface area contributed by atoms with Crippen molar-refractivity contribution in [1.29, 1.82) is 0 Å². The lowest BCUT2D eigenvalue weighted by atomic mass is 10.0. The van der Waals surface area contributed by atoms with Gasteiger partial charge in [0.2, 0.25) is 11.8 Å². The molecule has 0 aliphatic heterocycles. The fourth-order valence-corrected chi connectivity index (χ4v) is 3.68. The number of hydrogen-bond donors (Lipinski definition) is 1. The molecule has 0 saturated carbocycles. The Morgan fingerprint density at radius 3 is 2.15 bits per heavy atom. The summed E-state index contributed by atoms with van der Waals surface area (Å²) in [6.07, 6.45) is 2.24. The van der Waals surface area contributed by atoms with Gasteiger partial charge in [-0.15, -0.1) is 0 Å². The van der Waals surface area contributed by atoms with Crippen molar-refractivity contribution in [2.45, 2.75) is 72.0 Å². The number of ether oxygens (including phenoxy) is 2. The van der Waals surface area contributed by atoms with Crippen LogP contribution < -0.4 is 14.8 Å². The fraction of sp³-hybridized carbons (Fsp3) is 0.481. The first-order valence-corrected chi connectivity index (χ1v) is 11.7. The van der Waals surface area contributed by atoms with Gasteiger partial charge in [-0.2, -0.15) is 0 Å². The maximum absolute atomic E-state index is 13.4. The molecule has 0 radical (unpaired) electrons. The van der Waals surface area contributed by atoms with Gasteiger partial charge < -0.3 is 19.7 Å². The minimum absolute atomic E-state index is 0.0449. The Morgan fingerprint density at radius 1 is 0.939 bits per heavy atom. The minimum Gasteiger partial charge on any atom is -0.493 e. The van der Waals surface area contributed by atoms with E-state index in [1.807, 2.05) is 70.2 Å². The molecule has 0 heterocycles. The molecule has 0 aliphatic carbocycles. The zero-order valence-corrected chi connectivity index (χ0v) is 20.8. The van der Waals surface area contributed by atoms with Crippen molar-refractivity contribution in [2.24, 2.45) is 0 Å².